The quantitative estimate of drug-likeness (QED) is 0.530. The first kappa shape index (κ1) is 17.4. The molecule has 0 unspecified atom stereocenters. The van der Waals surface area contributed by atoms with Crippen molar-refractivity contribution < 1.29 is 0 Å². The van der Waals surface area contributed by atoms with Gasteiger partial charge in [-0.05, 0) is 47.2 Å². The molecule has 1 aliphatic rings. The van der Waals surface area contributed by atoms with Crippen LogP contribution in [0.1, 0.15) is 37.8 Å². The molecule has 0 spiro atoms. The first-order valence-corrected chi connectivity index (χ1v) is 9.57. The molecule has 4 aromatic rings. The van der Waals surface area contributed by atoms with Crippen LogP contribution in [-0.2, 0) is 5.41 Å². The molecule has 0 radical (unpaired) electrons. The lowest BCUT2D eigenvalue weighted by atomic mass is 9.73. The fraction of sp³-hybridized carbons (Fsp3) is 0.238. The van der Waals surface area contributed by atoms with Crippen molar-refractivity contribution in [2.75, 3.05) is 0 Å². The second-order valence-electron chi connectivity index (χ2n) is 7.05. The summed E-state index contributed by atoms with van der Waals surface area (Å²) in [6.45, 7) is 4.46. The van der Waals surface area contributed by atoms with Gasteiger partial charge < -0.3 is 0 Å². The molecule has 5 rings (SSSR count). The zero-order valence-corrected chi connectivity index (χ0v) is 16.1. The van der Waals surface area contributed by atoms with Crippen LogP contribution in [0.3, 0.4) is 0 Å². The Bertz CT molecular complexity index is 1080. The van der Waals surface area contributed by atoms with Gasteiger partial charge in [-0.15, -0.1) is 40.8 Å². The van der Waals surface area contributed by atoms with Gasteiger partial charge in [-0.3, -0.25) is 0 Å². The van der Waals surface area contributed by atoms with Crippen LogP contribution >= 0.6 is 0 Å². The molecule has 0 N–H and O–H groups in total. The highest BCUT2D eigenvalue weighted by atomic mass is 15.3. The van der Waals surface area contributed by atoms with E-state index in [2.05, 4.69) is 78.9 Å². The molecule has 0 fully saturated rings. The predicted molar refractivity (Wildman–Crippen MR) is 106 cm³/mol. The Morgan fingerprint density at radius 3 is 1.41 bits per heavy atom. The monoisotopic (exact) mass is 382 g/mol. The van der Waals surface area contributed by atoms with E-state index in [0.29, 0.717) is 11.6 Å². The largest absolute Gasteiger partial charge is 0.203 e. The van der Waals surface area contributed by atoms with Crippen molar-refractivity contribution >= 4 is 0 Å². The minimum absolute atomic E-state index is 0.109. The second-order valence-corrected chi connectivity index (χ2v) is 7.05. The van der Waals surface area contributed by atoms with E-state index in [0.717, 1.165) is 24.0 Å². The number of rotatable bonds is 4. The maximum atomic E-state index is 4.12. The number of hydrogen-bond acceptors (Lipinski definition) is 8. The lowest BCUT2D eigenvalue weighted by Gasteiger charge is -2.30. The Labute approximate surface area is 167 Å². The topological polar surface area (TPSA) is 103 Å². The molecule has 0 aliphatic heterocycles. The summed E-state index contributed by atoms with van der Waals surface area (Å²) in [6.07, 6.45) is 4.61. The number of fused-ring (bicyclic) bond motifs is 3. The first-order chi connectivity index (χ1) is 14.3. The van der Waals surface area contributed by atoms with E-state index in [9.17, 15) is 0 Å². The Hall–Kier alpha value is -3.68. The zero-order chi connectivity index (χ0) is 19.8. The highest BCUT2D eigenvalue weighted by Gasteiger charge is 2.41. The lowest BCUT2D eigenvalue weighted by Crippen LogP contribution is -2.23. The predicted octanol–water partition coefficient (Wildman–Crippen LogP) is 3.27. The van der Waals surface area contributed by atoms with Crippen molar-refractivity contribution in [3.05, 3.63) is 60.2 Å². The van der Waals surface area contributed by atoms with Crippen molar-refractivity contribution in [2.24, 2.45) is 0 Å². The fourth-order valence-corrected chi connectivity index (χ4v) is 4.42. The van der Waals surface area contributed by atoms with Crippen LogP contribution in [0.2, 0.25) is 0 Å². The average Bonchev–Trinajstić information content (AvgIpc) is 3.09. The highest BCUT2D eigenvalue weighted by molar-refractivity contribution is 5.85. The molecule has 0 amide bonds. The standard InChI is InChI=1S/C21H18N8/c1-3-21(4-2)17-9-13(19-26-22-11-23-27-19)5-7-15(17)16-8-6-14(10-18(16)21)20-28-24-12-25-29-20/h5-12H,3-4H2,1-2H3. The third-order valence-corrected chi connectivity index (χ3v) is 5.90. The van der Waals surface area contributed by atoms with Gasteiger partial charge in [-0.2, -0.15) is 0 Å². The molecule has 0 atom stereocenters. The van der Waals surface area contributed by atoms with E-state index in [1.165, 1.54) is 34.9 Å². The molecule has 142 valence electrons. The molecule has 29 heavy (non-hydrogen) atoms. The van der Waals surface area contributed by atoms with Gasteiger partial charge in [0.05, 0.1) is 0 Å². The number of nitrogens with zero attached hydrogens (tertiary/aromatic N) is 8. The third kappa shape index (κ3) is 2.60. The summed E-state index contributed by atoms with van der Waals surface area (Å²) in [5.41, 5.74) is 6.77. The zero-order valence-electron chi connectivity index (χ0n) is 16.1. The smallest absolute Gasteiger partial charge is 0.135 e. The molecule has 2 aromatic heterocycles. The number of hydrogen-bond donors (Lipinski definition) is 0. The van der Waals surface area contributed by atoms with Crippen molar-refractivity contribution in [1.82, 2.24) is 40.8 Å². The lowest BCUT2D eigenvalue weighted by molar-refractivity contribution is 0.490. The Morgan fingerprint density at radius 1 is 0.621 bits per heavy atom. The van der Waals surface area contributed by atoms with Crippen LogP contribution in [0.25, 0.3) is 33.9 Å². The van der Waals surface area contributed by atoms with Crippen LogP contribution in [0.15, 0.2) is 49.1 Å². The van der Waals surface area contributed by atoms with Gasteiger partial charge in [0.15, 0.2) is 12.7 Å². The first-order valence-electron chi connectivity index (χ1n) is 9.57. The van der Waals surface area contributed by atoms with E-state index in [1.807, 2.05) is 12.1 Å². The summed E-state index contributed by atoms with van der Waals surface area (Å²) in [5, 5.41) is 32.0. The summed E-state index contributed by atoms with van der Waals surface area (Å²) in [5.74, 6) is 1.06. The van der Waals surface area contributed by atoms with Gasteiger partial charge in [0.25, 0.3) is 0 Å². The van der Waals surface area contributed by atoms with Crippen LogP contribution in [0, 0.1) is 0 Å². The van der Waals surface area contributed by atoms with Crippen LogP contribution in [0.4, 0.5) is 0 Å². The molecular formula is C21H18N8. The maximum Gasteiger partial charge on any atom is 0.203 e. The minimum atomic E-state index is -0.109. The molecule has 8 nitrogen and oxygen atoms in total. The highest BCUT2D eigenvalue weighted by Crippen LogP contribution is 2.53. The van der Waals surface area contributed by atoms with Gasteiger partial charge in [0.2, 0.25) is 11.6 Å². The van der Waals surface area contributed by atoms with Gasteiger partial charge >= 0.3 is 0 Å². The minimum Gasteiger partial charge on any atom is -0.135 e. The van der Waals surface area contributed by atoms with Gasteiger partial charge in [0, 0.05) is 16.5 Å². The summed E-state index contributed by atoms with van der Waals surface area (Å²) < 4.78 is 0. The molecule has 0 bridgehead atoms. The summed E-state index contributed by atoms with van der Waals surface area (Å²) in [7, 11) is 0. The Balaban J connectivity index is 1.71. The summed E-state index contributed by atoms with van der Waals surface area (Å²) in [6, 6.07) is 12.7. The van der Waals surface area contributed by atoms with E-state index in [1.54, 1.807) is 0 Å². The van der Waals surface area contributed by atoms with Gasteiger partial charge in [-0.1, -0.05) is 38.1 Å². The summed E-state index contributed by atoms with van der Waals surface area (Å²) >= 11 is 0. The molecule has 0 saturated carbocycles. The van der Waals surface area contributed by atoms with Crippen molar-refractivity contribution in [3.63, 3.8) is 0 Å². The van der Waals surface area contributed by atoms with Crippen LogP contribution < -0.4 is 0 Å². The van der Waals surface area contributed by atoms with Crippen molar-refractivity contribution in [2.45, 2.75) is 32.1 Å². The van der Waals surface area contributed by atoms with Crippen molar-refractivity contribution in [3.8, 4) is 33.9 Å². The Morgan fingerprint density at radius 2 is 1.03 bits per heavy atom. The van der Waals surface area contributed by atoms with E-state index >= 15 is 0 Å². The molecule has 2 heterocycles. The van der Waals surface area contributed by atoms with E-state index in [4.69, 9.17) is 0 Å². The molecule has 8 heteroatoms. The number of aromatic nitrogens is 8. The molecule has 0 saturated heterocycles. The maximum absolute atomic E-state index is 4.12. The average molecular weight is 382 g/mol. The summed E-state index contributed by atoms with van der Waals surface area (Å²) in [4.78, 5) is 0. The normalized spacial score (nSPS) is 13.7. The number of benzene rings is 2. The van der Waals surface area contributed by atoms with Gasteiger partial charge in [0.1, 0.15) is 0 Å². The molecule has 1 aliphatic carbocycles. The van der Waals surface area contributed by atoms with Crippen LogP contribution in [0.5, 0.6) is 0 Å². The molecule has 2 aromatic carbocycles. The molecular weight excluding hydrogens is 364 g/mol. The second kappa shape index (κ2) is 6.73. The third-order valence-electron chi connectivity index (χ3n) is 5.90. The van der Waals surface area contributed by atoms with E-state index < -0.39 is 0 Å². The van der Waals surface area contributed by atoms with Gasteiger partial charge in [-0.25, -0.2) is 0 Å². The van der Waals surface area contributed by atoms with Crippen molar-refractivity contribution in [1.29, 1.82) is 0 Å². The van der Waals surface area contributed by atoms with Crippen LogP contribution in [-0.4, -0.2) is 40.8 Å². The Kier molecular flexibility index (Phi) is 4.04. The fourth-order valence-electron chi connectivity index (χ4n) is 4.42. The SMILES string of the molecule is CCC1(CC)c2cc(-c3nncnn3)ccc2-c2ccc(-c3nncnn3)cc21. The van der Waals surface area contributed by atoms with E-state index in [-0.39, 0.29) is 5.41 Å².